The van der Waals surface area contributed by atoms with E-state index in [-0.39, 0.29) is 35.4 Å². The topological polar surface area (TPSA) is 93.6 Å². The first kappa shape index (κ1) is 38.2. The number of aryl methyl sites for hydroxylation is 1. The van der Waals surface area contributed by atoms with E-state index in [9.17, 15) is 0 Å². The average molecular weight is 736 g/mol. The SMILES string of the molecule is CCN1Cc2c(c(OC(C)C)nn2C[C@H](C)O[Si](C)(C)C(C)(C)C)/C=C\c2nn(C3CCCCO3)c3cc(F)c(cc23)-c2cnn(C)c2O[C@@H](C)C1. The molecule has 3 aromatic heterocycles. The maximum atomic E-state index is 16.2. The average Bonchev–Trinajstić information content (AvgIpc) is 3.70. The molecule has 4 aromatic rings. The smallest absolute Gasteiger partial charge is 0.240 e. The first-order chi connectivity index (χ1) is 24.6. The highest BCUT2D eigenvalue weighted by molar-refractivity contribution is 6.74. The van der Waals surface area contributed by atoms with Crippen LogP contribution in [0.1, 0.15) is 97.8 Å². The zero-order chi connectivity index (χ0) is 37.5. The number of hydrogen-bond donors (Lipinski definition) is 0. The second kappa shape index (κ2) is 15.1. The molecule has 1 unspecified atom stereocenters. The molecule has 2 aliphatic heterocycles. The Kier molecular flexibility index (Phi) is 11.1. The number of rotatable bonds is 8. The Morgan fingerprint density at radius 1 is 1.08 bits per heavy atom. The Morgan fingerprint density at radius 2 is 1.85 bits per heavy atom. The molecule has 284 valence electrons. The molecule has 3 atom stereocenters. The molecule has 6 rings (SSSR count). The van der Waals surface area contributed by atoms with Gasteiger partial charge in [0.1, 0.15) is 11.9 Å². The molecule has 1 fully saturated rings. The maximum absolute atomic E-state index is 16.2. The Labute approximate surface area is 309 Å². The summed E-state index contributed by atoms with van der Waals surface area (Å²) in [6.45, 7) is 25.0. The van der Waals surface area contributed by atoms with E-state index in [0.717, 1.165) is 42.5 Å². The summed E-state index contributed by atoms with van der Waals surface area (Å²) in [4.78, 5) is 2.34. The predicted octanol–water partition coefficient (Wildman–Crippen LogP) is 8.44. The van der Waals surface area contributed by atoms with Crippen LogP contribution in [0.5, 0.6) is 11.8 Å². The van der Waals surface area contributed by atoms with E-state index in [0.29, 0.717) is 60.3 Å². The van der Waals surface area contributed by atoms with Crippen LogP contribution < -0.4 is 9.47 Å². The minimum atomic E-state index is -2.03. The lowest BCUT2D eigenvalue weighted by Gasteiger charge is -2.38. The second-order valence-corrected chi connectivity index (χ2v) is 21.0. The highest BCUT2D eigenvalue weighted by atomic mass is 28.4. The van der Waals surface area contributed by atoms with Gasteiger partial charge in [-0.2, -0.15) is 10.2 Å². The fourth-order valence-corrected chi connectivity index (χ4v) is 8.35. The normalized spacial score (nSPS) is 20.3. The Bertz CT molecular complexity index is 1900. The molecule has 0 spiro atoms. The van der Waals surface area contributed by atoms with Crippen LogP contribution >= 0.6 is 0 Å². The van der Waals surface area contributed by atoms with E-state index in [1.54, 1.807) is 16.9 Å². The maximum Gasteiger partial charge on any atom is 0.240 e. The third kappa shape index (κ3) is 7.88. The van der Waals surface area contributed by atoms with Gasteiger partial charge in [-0.1, -0.05) is 27.7 Å². The number of halogens is 1. The molecule has 0 saturated carbocycles. The molecule has 0 N–H and O–H groups in total. The van der Waals surface area contributed by atoms with Gasteiger partial charge in [0, 0.05) is 43.8 Å². The number of hydrogen-bond acceptors (Lipinski definition) is 8. The largest absolute Gasteiger partial charge is 0.473 e. The molecular weight excluding hydrogens is 678 g/mol. The van der Waals surface area contributed by atoms with E-state index in [4.69, 9.17) is 28.8 Å². The van der Waals surface area contributed by atoms with Gasteiger partial charge in [0.05, 0.1) is 53.0 Å². The van der Waals surface area contributed by atoms with Gasteiger partial charge in [0.2, 0.25) is 11.8 Å². The molecule has 1 aromatic carbocycles. The minimum absolute atomic E-state index is 0.0681. The van der Waals surface area contributed by atoms with Crippen molar-refractivity contribution in [2.24, 2.45) is 7.05 Å². The van der Waals surface area contributed by atoms with Gasteiger partial charge in [-0.05, 0) is 89.9 Å². The molecule has 11 nitrogen and oxygen atoms in total. The van der Waals surface area contributed by atoms with Crippen LogP contribution in [0.25, 0.3) is 34.2 Å². The van der Waals surface area contributed by atoms with Crippen LogP contribution in [0.4, 0.5) is 4.39 Å². The molecule has 0 radical (unpaired) electrons. The van der Waals surface area contributed by atoms with Gasteiger partial charge in [-0.15, -0.1) is 5.10 Å². The van der Waals surface area contributed by atoms with Crippen LogP contribution in [0.2, 0.25) is 18.1 Å². The van der Waals surface area contributed by atoms with Crippen molar-refractivity contribution in [2.75, 3.05) is 19.7 Å². The van der Waals surface area contributed by atoms with Crippen molar-refractivity contribution in [2.45, 2.75) is 130 Å². The van der Waals surface area contributed by atoms with Crippen LogP contribution in [0.15, 0.2) is 18.3 Å². The number of likely N-dealkylation sites (N-methyl/N-ethyl adjacent to an activating group) is 1. The van der Waals surface area contributed by atoms with Crippen molar-refractivity contribution in [3.63, 3.8) is 0 Å². The number of fused-ring (bicyclic) bond motifs is 4. The van der Waals surface area contributed by atoms with E-state index >= 15 is 4.39 Å². The lowest BCUT2D eigenvalue weighted by atomic mass is 10.0. The lowest BCUT2D eigenvalue weighted by Crippen LogP contribution is -2.44. The number of nitrogens with zero attached hydrogens (tertiary/aromatic N) is 7. The molecule has 5 heterocycles. The quantitative estimate of drug-likeness (QED) is 0.167. The molecule has 52 heavy (non-hydrogen) atoms. The summed E-state index contributed by atoms with van der Waals surface area (Å²) >= 11 is 0. The Hall–Kier alpha value is -3.52. The summed E-state index contributed by atoms with van der Waals surface area (Å²) in [5.41, 5.74) is 4.31. The minimum Gasteiger partial charge on any atom is -0.473 e. The molecule has 0 aliphatic carbocycles. The van der Waals surface area contributed by atoms with E-state index in [1.807, 2.05) is 44.6 Å². The number of aromatic nitrogens is 6. The van der Waals surface area contributed by atoms with E-state index in [2.05, 4.69) is 68.5 Å². The third-order valence-electron chi connectivity index (χ3n) is 10.6. The van der Waals surface area contributed by atoms with Crippen molar-refractivity contribution in [3.05, 3.63) is 41.1 Å². The highest BCUT2D eigenvalue weighted by Crippen LogP contribution is 2.39. The van der Waals surface area contributed by atoms with E-state index < -0.39 is 8.32 Å². The summed E-state index contributed by atoms with van der Waals surface area (Å²) < 4.78 is 47.8. The summed E-state index contributed by atoms with van der Waals surface area (Å²) in [5, 5.41) is 15.6. The summed E-state index contributed by atoms with van der Waals surface area (Å²) in [7, 11) is -0.207. The summed E-state index contributed by atoms with van der Waals surface area (Å²) in [6.07, 6.45) is 7.94. The van der Waals surface area contributed by atoms with Gasteiger partial charge < -0.3 is 18.6 Å². The third-order valence-corrected chi connectivity index (χ3v) is 15.2. The predicted molar refractivity (Wildman–Crippen MR) is 206 cm³/mol. The Balaban J connectivity index is 1.54. The summed E-state index contributed by atoms with van der Waals surface area (Å²) in [5.74, 6) is 0.719. The van der Waals surface area contributed by atoms with Crippen LogP contribution in [-0.4, -0.2) is 80.6 Å². The van der Waals surface area contributed by atoms with Crippen LogP contribution in [0.3, 0.4) is 0 Å². The van der Waals surface area contributed by atoms with Gasteiger partial charge in [-0.3, -0.25) is 9.58 Å². The van der Waals surface area contributed by atoms with Crippen molar-refractivity contribution >= 4 is 31.4 Å². The van der Waals surface area contributed by atoms with Gasteiger partial charge in [0.15, 0.2) is 14.5 Å². The monoisotopic (exact) mass is 735 g/mol. The standard InChI is InChI=1S/C39H58FN7O4Si/c1-12-45-22-26(4)50-38-31(21-41-44(38)9)29-19-30-33(42-47(34(30)20-32(29)40)36-15-13-14-18-48-36)17-16-28-35(24-45)46(43-37(28)49-25(2)3)23-27(5)51-52(10,11)39(6,7)8/h16-17,19-21,25-27,36H,12-15,18,22-24H2,1-11H3/b17-16-/t26-,27-,36?/m0/s1. The first-order valence-electron chi connectivity index (χ1n) is 18.9. The molecule has 2 bridgehead atoms. The lowest BCUT2D eigenvalue weighted by molar-refractivity contribution is -0.0367. The van der Waals surface area contributed by atoms with Crippen molar-refractivity contribution in [1.29, 1.82) is 0 Å². The van der Waals surface area contributed by atoms with E-state index in [1.165, 1.54) is 0 Å². The fourth-order valence-electron chi connectivity index (χ4n) is 6.91. The van der Waals surface area contributed by atoms with Crippen molar-refractivity contribution in [3.8, 4) is 22.9 Å². The molecule has 2 aliphatic rings. The summed E-state index contributed by atoms with van der Waals surface area (Å²) in [6, 6.07) is 3.45. The second-order valence-electron chi connectivity index (χ2n) is 16.3. The highest BCUT2D eigenvalue weighted by Gasteiger charge is 2.39. The molecule has 1 saturated heterocycles. The van der Waals surface area contributed by atoms with Gasteiger partial charge >= 0.3 is 0 Å². The zero-order valence-electron chi connectivity index (χ0n) is 33.0. The Morgan fingerprint density at radius 3 is 2.52 bits per heavy atom. The molecular formula is C39H58FN7O4Si. The van der Waals surface area contributed by atoms with Crippen molar-refractivity contribution in [1.82, 2.24) is 34.2 Å². The zero-order valence-corrected chi connectivity index (χ0v) is 34.0. The molecule has 0 amide bonds. The van der Waals surface area contributed by atoms with Crippen LogP contribution in [-0.2, 0) is 29.3 Å². The van der Waals surface area contributed by atoms with Crippen LogP contribution in [0, 0.1) is 5.82 Å². The number of benzene rings is 1. The van der Waals surface area contributed by atoms with Gasteiger partial charge in [0.25, 0.3) is 0 Å². The first-order valence-corrected chi connectivity index (χ1v) is 21.8. The van der Waals surface area contributed by atoms with Gasteiger partial charge in [-0.25, -0.2) is 13.8 Å². The fraction of sp³-hybridized carbons (Fsp3) is 0.615. The molecule has 13 heteroatoms. The number of ether oxygens (including phenoxy) is 3. The van der Waals surface area contributed by atoms with Crippen molar-refractivity contribution < 1.29 is 23.0 Å².